The van der Waals surface area contributed by atoms with E-state index in [1.165, 1.54) is 17.4 Å². The first kappa shape index (κ1) is 19.2. The highest BCUT2D eigenvalue weighted by molar-refractivity contribution is 7.89. The number of nitriles is 1. The van der Waals surface area contributed by atoms with Gasteiger partial charge < -0.3 is 14.2 Å². The number of oxazole rings is 1. The van der Waals surface area contributed by atoms with Crippen molar-refractivity contribution in [2.75, 3.05) is 12.4 Å². The molecule has 0 unspecified atom stereocenters. The largest absolute Gasteiger partial charge is 0.455 e. The van der Waals surface area contributed by atoms with Gasteiger partial charge in [0.25, 0.3) is 5.89 Å². The van der Waals surface area contributed by atoms with E-state index in [1.54, 1.807) is 6.92 Å². The molecule has 2 aromatic heterocycles. The number of aromatic nitrogens is 1. The van der Waals surface area contributed by atoms with Crippen LogP contribution in [0.25, 0.3) is 11.7 Å². The van der Waals surface area contributed by atoms with E-state index in [1.807, 2.05) is 36.4 Å². The van der Waals surface area contributed by atoms with Gasteiger partial charge in [-0.1, -0.05) is 30.3 Å². The fourth-order valence-corrected chi connectivity index (χ4v) is 4.25. The molecule has 0 spiro atoms. The van der Waals surface area contributed by atoms with Crippen molar-refractivity contribution >= 4 is 15.9 Å². The van der Waals surface area contributed by atoms with E-state index < -0.39 is 10.0 Å². The summed E-state index contributed by atoms with van der Waals surface area (Å²) in [4.78, 5) is 4.18. The number of nitrogens with one attached hydrogen (secondary N) is 1. The van der Waals surface area contributed by atoms with Gasteiger partial charge in [0.1, 0.15) is 16.7 Å². The molecule has 0 amide bonds. The zero-order chi connectivity index (χ0) is 20.6. The zero-order valence-electron chi connectivity index (χ0n) is 16.0. The van der Waals surface area contributed by atoms with Crippen LogP contribution in [0, 0.1) is 18.3 Å². The van der Waals surface area contributed by atoms with Crippen molar-refractivity contribution in [1.29, 1.82) is 5.26 Å². The van der Waals surface area contributed by atoms with Gasteiger partial charge in [0.05, 0.1) is 0 Å². The number of rotatable bonds is 7. The number of hydrogen-bond acceptors (Lipinski definition) is 7. The van der Waals surface area contributed by atoms with Crippen LogP contribution in [-0.2, 0) is 16.6 Å². The van der Waals surface area contributed by atoms with Crippen LogP contribution < -0.4 is 5.32 Å². The van der Waals surface area contributed by atoms with Gasteiger partial charge in [-0.25, -0.2) is 8.42 Å². The van der Waals surface area contributed by atoms with Gasteiger partial charge >= 0.3 is 0 Å². The molecule has 0 saturated heterocycles. The van der Waals surface area contributed by atoms with Gasteiger partial charge in [-0.05, 0) is 25.3 Å². The molecule has 29 heavy (non-hydrogen) atoms. The Bertz CT molecular complexity index is 1170. The van der Waals surface area contributed by atoms with Gasteiger partial charge in [0, 0.05) is 25.7 Å². The van der Waals surface area contributed by atoms with Crippen molar-refractivity contribution in [2.45, 2.75) is 37.2 Å². The average molecular weight is 412 g/mol. The van der Waals surface area contributed by atoms with Gasteiger partial charge in [0.15, 0.2) is 5.76 Å². The third-order valence-electron chi connectivity index (χ3n) is 4.66. The third-order valence-corrected chi connectivity index (χ3v) is 6.58. The van der Waals surface area contributed by atoms with Crippen molar-refractivity contribution in [2.24, 2.45) is 0 Å². The summed E-state index contributed by atoms with van der Waals surface area (Å²) >= 11 is 0. The highest BCUT2D eigenvalue weighted by Gasteiger charge is 2.29. The van der Waals surface area contributed by atoms with E-state index in [0.29, 0.717) is 0 Å². The number of sulfonamides is 1. The summed E-state index contributed by atoms with van der Waals surface area (Å²) in [5.74, 6) is 0.743. The first-order chi connectivity index (χ1) is 13.9. The van der Waals surface area contributed by atoms with Crippen LogP contribution in [0.15, 0.2) is 50.1 Å². The predicted molar refractivity (Wildman–Crippen MR) is 105 cm³/mol. The molecular formula is C20H20N4O4S. The summed E-state index contributed by atoms with van der Waals surface area (Å²) in [5, 5.41) is 12.4. The van der Waals surface area contributed by atoms with Gasteiger partial charge in [0.2, 0.25) is 21.6 Å². The maximum atomic E-state index is 13.0. The van der Waals surface area contributed by atoms with E-state index in [-0.39, 0.29) is 46.5 Å². The lowest BCUT2D eigenvalue weighted by Gasteiger charge is -2.16. The number of benzene rings is 1. The standard InChI is InChI=1S/C20H20N4O4S/c1-13-18(29(25,26)24(2)12-14-6-4-3-5-7-14)10-17(27-13)20-23-16(11-21)19(28-20)22-15-8-9-15/h3-7,10,15,22H,8-9,12H2,1-2H3. The fourth-order valence-electron chi connectivity index (χ4n) is 2.93. The predicted octanol–water partition coefficient (Wildman–Crippen LogP) is 3.51. The molecule has 2 heterocycles. The first-order valence-electron chi connectivity index (χ1n) is 9.17. The fraction of sp³-hybridized carbons (Fsp3) is 0.300. The molecule has 9 heteroatoms. The van der Waals surface area contributed by atoms with E-state index in [4.69, 9.17) is 8.83 Å². The Morgan fingerprint density at radius 3 is 2.66 bits per heavy atom. The lowest BCUT2D eigenvalue weighted by molar-refractivity contribution is 0.460. The Morgan fingerprint density at radius 2 is 2.00 bits per heavy atom. The minimum Gasteiger partial charge on any atom is -0.455 e. The highest BCUT2D eigenvalue weighted by atomic mass is 32.2. The SMILES string of the molecule is Cc1oc(-c2nc(C#N)c(NC3CC3)o2)cc1S(=O)(=O)N(C)Cc1ccccc1. The molecule has 0 radical (unpaired) electrons. The summed E-state index contributed by atoms with van der Waals surface area (Å²) in [5.41, 5.74) is 0.994. The second kappa shape index (κ2) is 7.39. The van der Waals surface area contributed by atoms with Crippen molar-refractivity contribution in [3.05, 3.63) is 53.4 Å². The van der Waals surface area contributed by atoms with E-state index in [0.717, 1.165) is 18.4 Å². The second-order valence-corrected chi connectivity index (χ2v) is 9.02. The van der Waals surface area contributed by atoms with Crippen molar-refractivity contribution in [3.8, 4) is 17.7 Å². The topological polar surface area (TPSA) is 112 Å². The molecule has 150 valence electrons. The summed E-state index contributed by atoms with van der Waals surface area (Å²) < 4.78 is 38.6. The Morgan fingerprint density at radius 1 is 1.28 bits per heavy atom. The first-order valence-corrected chi connectivity index (χ1v) is 10.6. The summed E-state index contributed by atoms with van der Waals surface area (Å²) in [6.45, 7) is 1.81. The Kier molecular flexibility index (Phi) is 4.90. The minimum atomic E-state index is -3.78. The molecule has 1 N–H and O–H groups in total. The third kappa shape index (κ3) is 3.90. The van der Waals surface area contributed by atoms with Crippen LogP contribution in [0.2, 0.25) is 0 Å². The number of aryl methyl sites for hydroxylation is 1. The molecule has 1 aromatic carbocycles. The normalized spacial score (nSPS) is 14.1. The lowest BCUT2D eigenvalue weighted by Crippen LogP contribution is -2.26. The van der Waals surface area contributed by atoms with Crippen LogP contribution in [0.1, 0.15) is 29.9 Å². The molecule has 4 rings (SSSR count). The summed E-state index contributed by atoms with van der Waals surface area (Å²) in [6, 6.07) is 13.0. The smallest absolute Gasteiger partial charge is 0.266 e. The molecule has 1 aliphatic rings. The molecule has 1 saturated carbocycles. The van der Waals surface area contributed by atoms with Crippen LogP contribution in [0.3, 0.4) is 0 Å². The van der Waals surface area contributed by atoms with E-state index >= 15 is 0 Å². The number of anilines is 1. The van der Waals surface area contributed by atoms with Crippen LogP contribution in [0.4, 0.5) is 5.88 Å². The number of hydrogen-bond donors (Lipinski definition) is 1. The maximum absolute atomic E-state index is 13.0. The quantitative estimate of drug-likeness (QED) is 0.632. The lowest BCUT2D eigenvalue weighted by atomic mass is 10.2. The van der Waals surface area contributed by atoms with Gasteiger partial charge in [-0.3, -0.25) is 0 Å². The molecule has 0 bridgehead atoms. The molecule has 0 atom stereocenters. The molecule has 8 nitrogen and oxygen atoms in total. The van der Waals surface area contributed by atoms with Crippen LogP contribution >= 0.6 is 0 Å². The Labute approximate surface area is 168 Å². The zero-order valence-corrected chi connectivity index (χ0v) is 16.9. The summed E-state index contributed by atoms with van der Waals surface area (Å²) in [7, 11) is -2.26. The van der Waals surface area contributed by atoms with Crippen molar-refractivity contribution in [1.82, 2.24) is 9.29 Å². The number of nitrogens with zero attached hydrogens (tertiary/aromatic N) is 3. The summed E-state index contributed by atoms with van der Waals surface area (Å²) in [6.07, 6.45) is 2.02. The Hall–Kier alpha value is -3.09. The van der Waals surface area contributed by atoms with Crippen LogP contribution in [0.5, 0.6) is 0 Å². The van der Waals surface area contributed by atoms with Crippen molar-refractivity contribution < 1.29 is 17.3 Å². The molecule has 1 fully saturated rings. The monoisotopic (exact) mass is 412 g/mol. The van der Waals surface area contributed by atoms with Crippen molar-refractivity contribution in [3.63, 3.8) is 0 Å². The van der Waals surface area contributed by atoms with E-state index in [9.17, 15) is 13.7 Å². The van der Waals surface area contributed by atoms with Crippen LogP contribution in [-0.4, -0.2) is 30.8 Å². The average Bonchev–Trinajstić information content (AvgIpc) is 3.28. The molecule has 0 aliphatic heterocycles. The highest BCUT2D eigenvalue weighted by Crippen LogP contribution is 2.34. The van der Waals surface area contributed by atoms with Gasteiger partial charge in [-0.15, -0.1) is 0 Å². The van der Waals surface area contributed by atoms with E-state index in [2.05, 4.69) is 10.3 Å². The van der Waals surface area contributed by atoms with Gasteiger partial charge in [-0.2, -0.15) is 14.6 Å². The molecular weight excluding hydrogens is 392 g/mol. The maximum Gasteiger partial charge on any atom is 0.266 e. The molecule has 3 aromatic rings. The minimum absolute atomic E-state index is 0.0411. The number of furan rings is 1. The second-order valence-electron chi connectivity index (χ2n) is 7.00. The Balaban J connectivity index is 1.62. The molecule has 1 aliphatic carbocycles.